The van der Waals surface area contributed by atoms with Crippen LogP contribution < -0.4 is 10.2 Å². The number of piperazine rings is 1. The van der Waals surface area contributed by atoms with Gasteiger partial charge in [-0.1, -0.05) is 38.8 Å². The minimum absolute atomic E-state index is 0.00235. The van der Waals surface area contributed by atoms with E-state index in [2.05, 4.69) is 19.2 Å². The molecule has 0 radical (unpaired) electrons. The average Bonchev–Trinajstić information content (AvgIpc) is 2.62. The average molecular weight is 415 g/mol. The number of halogens is 1. The highest BCUT2D eigenvalue weighted by atomic mass is 32.2. The van der Waals surface area contributed by atoms with Gasteiger partial charge in [0, 0.05) is 6.04 Å². The van der Waals surface area contributed by atoms with Gasteiger partial charge in [0.25, 0.3) is 5.91 Å². The molecule has 0 aliphatic carbocycles. The van der Waals surface area contributed by atoms with E-state index in [9.17, 15) is 17.6 Å². The van der Waals surface area contributed by atoms with Gasteiger partial charge >= 0.3 is 0 Å². The molecule has 0 bridgehead atoms. The van der Waals surface area contributed by atoms with Gasteiger partial charge in [0.1, 0.15) is 10.7 Å². The normalized spacial score (nSPS) is 17.6. The minimum Gasteiger partial charge on any atom is -0.349 e. The number of benzene rings is 1. The largest absolute Gasteiger partial charge is 0.349 e. The minimum atomic E-state index is -3.84. The van der Waals surface area contributed by atoms with Crippen LogP contribution in [0.3, 0.4) is 0 Å². The molecule has 1 aliphatic rings. The van der Waals surface area contributed by atoms with E-state index in [1.807, 2.05) is 6.92 Å². The second-order valence-electron chi connectivity index (χ2n) is 8.05. The SMILES string of the molecule is CC(C)CCC[C@H](C)NC(=O)C[NH+]1CCN(S(=O)(=O)c2ccccc2F)CC1. The van der Waals surface area contributed by atoms with Crippen LogP contribution in [0.15, 0.2) is 29.2 Å². The van der Waals surface area contributed by atoms with E-state index in [-0.39, 0.29) is 29.9 Å². The molecule has 1 amide bonds. The van der Waals surface area contributed by atoms with Crippen molar-refractivity contribution >= 4 is 15.9 Å². The van der Waals surface area contributed by atoms with Gasteiger partial charge in [0.05, 0.1) is 26.2 Å². The standard InChI is InChI=1S/C20H32FN3O3S/c1-16(2)7-6-8-17(3)22-20(25)15-23-11-13-24(14-12-23)28(26,27)19-10-5-4-9-18(19)21/h4-5,9-10,16-17H,6-8,11-15H2,1-3H3,(H,22,25)/p+1/t17-/m0/s1. The van der Waals surface area contributed by atoms with Crippen molar-refractivity contribution in [1.29, 1.82) is 0 Å². The third kappa shape index (κ3) is 6.53. The summed E-state index contributed by atoms with van der Waals surface area (Å²) in [4.78, 5) is 13.0. The highest BCUT2D eigenvalue weighted by molar-refractivity contribution is 7.89. The number of amides is 1. The topological polar surface area (TPSA) is 70.9 Å². The lowest BCUT2D eigenvalue weighted by atomic mass is 10.0. The Balaban J connectivity index is 1.79. The first-order valence-corrected chi connectivity index (χ1v) is 11.5. The highest BCUT2D eigenvalue weighted by Gasteiger charge is 2.32. The summed E-state index contributed by atoms with van der Waals surface area (Å²) >= 11 is 0. The third-order valence-corrected chi connectivity index (χ3v) is 7.05. The molecule has 1 aliphatic heterocycles. The number of quaternary nitrogens is 1. The fourth-order valence-corrected chi connectivity index (χ4v) is 4.98. The van der Waals surface area contributed by atoms with Crippen LogP contribution in [0.2, 0.25) is 0 Å². The maximum absolute atomic E-state index is 13.9. The van der Waals surface area contributed by atoms with Gasteiger partial charge in [-0.05, 0) is 31.4 Å². The molecular formula is C20H33FN3O3S+. The van der Waals surface area contributed by atoms with E-state index in [4.69, 9.17) is 0 Å². The van der Waals surface area contributed by atoms with Gasteiger partial charge in [-0.3, -0.25) is 4.79 Å². The van der Waals surface area contributed by atoms with Crippen molar-refractivity contribution < 1.29 is 22.5 Å². The maximum Gasteiger partial charge on any atom is 0.275 e. The van der Waals surface area contributed by atoms with E-state index in [1.54, 1.807) is 0 Å². The van der Waals surface area contributed by atoms with Crippen LogP contribution in [0.5, 0.6) is 0 Å². The fraction of sp³-hybridized carbons (Fsp3) is 0.650. The van der Waals surface area contributed by atoms with Crippen molar-refractivity contribution in [3.63, 3.8) is 0 Å². The summed E-state index contributed by atoms with van der Waals surface area (Å²) < 4.78 is 40.4. The molecule has 6 nitrogen and oxygen atoms in total. The first-order valence-electron chi connectivity index (χ1n) is 10.1. The van der Waals surface area contributed by atoms with E-state index >= 15 is 0 Å². The second-order valence-corrected chi connectivity index (χ2v) is 9.96. The molecule has 0 saturated carbocycles. The molecule has 0 unspecified atom stereocenters. The molecule has 0 spiro atoms. The van der Waals surface area contributed by atoms with E-state index < -0.39 is 15.8 Å². The number of sulfonamides is 1. The lowest BCUT2D eigenvalue weighted by molar-refractivity contribution is -0.895. The van der Waals surface area contributed by atoms with Crippen molar-refractivity contribution in [1.82, 2.24) is 9.62 Å². The molecular weight excluding hydrogens is 381 g/mol. The molecule has 1 aromatic rings. The summed E-state index contributed by atoms with van der Waals surface area (Å²) in [7, 11) is -3.84. The summed E-state index contributed by atoms with van der Waals surface area (Å²) in [5.41, 5.74) is 0. The van der Waals surface area contributed by atoms with Crippen molar-refractivity contribution in [3.05, 3.63) is 30.1 Å². The number of hydrogen-bond donors (Lipinski definition) is 2. The van der Waals surface area contributed by atoms with Crippen LogP contribution >= 0.6 is 0 Å². The van der Waals surface area contributed by atoms with Crippen LogP contribution in [-0.2, 0) is 14.8 Å². The number of carbonyl (C=O) groups excluding carboxylic acids is 1. The predicted octanol–water partition coefficient (Wildman–Crippen LogP) is 1.05. The van der Waals surface area contributed by atoms with Crippen molar-refractivity contribution in [2.24, 2.45) is 5.92 Å². The Morgan fingerprint density at radius 3 is 2.43 bits per heavy atom. The Morgan fingerprint density at radius 1 is 1.18 bits per heavy atom. The molecule has 2 N–H and O–H groups in total. The van der Waals surface area contributed by atoms with Crippen LogP contribution in [0.1, 0.15) is 40.0 Å². The Kier molecular flexibility index (Phi) is 8.39. The Hall–Kier alpha value is -1.51. The van der Waals surface area contributed by atoms with Gasteiger partial charge < -0.3 is 10.2 Å². The summed E-state index contributed by atoms with van der Waals surface area (Å²) in [6.45, 7) is 8.37. The van der Waals surface area contributed by atoms with Gasteiger partial charge in [-0.2, -0.15) is 4.31 Å². The zero-order valence-corrected chi connectivity index (χ0v) is 17.9. The van der Waals surface area contributed by atoms with Crippen LogP contribution in [0.4, 0.5) is 4.39 Å². The number of carbonyl (C=O) groups is 1. The fourth-order valence-electron chi connectivity index (χ4n) is 3.47. The molecule has 1 saturated heterocycles. The molecule has 1 aromatic carbocycles. The molecule has 1 heterocycles. The van der Waals surface area contributed by atoms with Gasteiger partial charge in [0.15, 0.2) is 6.54 Å². The first kappa shape index (κ1) is 22.8. The molecule has 2 rings (SSSR count). The lowest BCUT2D eigenvalue weighted by Crippen LogP contribution is -3.15. The molecule has 1 fully saturated rings. The summed E-state index contributed by atoms with van der Waals surface area (Å²) in [5, 5.41) is 3.03. The van der Waals surface area contributed by atoms with E-state index in [1.165, 1.54) is 22.5 Å². The number of nitrogens with zero attached hydrogens (tertiary/aromatic N) is 1. The third-order valence-electron chi connectivity index (χ3n) is 5.12. The van der Waals surface area contributed by atoms with Crippen molar-refractivity contribution in [3.8, 4) is 0 Å². The summed E-state index contributed by atoms with van der Waals surface area (Å²) in [5.74, 6) is -0.0650. The smallest absolute Gasteiger partial charge is 0.275 e. The zero-order chi connectivity index (χ0) is 20.7. The Labute approximate surface area is 168 Å². The summed E-state index contributed by atoms with van der Waals surface area (Å²) in [6.07, 6.45) is 3.22. The van der Waals surface area contributed by atoms with E-state index in [0.717, 1.165) is 30.2 Å². The monoisotopic (exact) mass is 414 g/mol. The van der Waals surface area contributed by atoms with E-state index in [0.29, 0.717) is 25.6 Å². The van der Waals surface area contributed by atoms with Crippen LogP contribution in [0.25, 0.3) is 0 Å². The molecule has 0 aromatic heterocycles. The second kappa shape index (κ2) is 10.3. The number of nitrogens with one attached hydrogen (secondary N) is 2. The van der Waals surface area contributed by atoms with Crippen LogP contribution in [-0.4, -0.2) is 57.4 Å². The van der Waals surface area contributed by atoms with Gasteiger partial charge in [0.2, 0.25) is 10.0 Å². The first-order chi connectivity index (χ1) is 13.2. The Morgan fingerprint density at radius 2 is 1.82 bits per heavy atom. The van der Waals surface area contributed by atoms with Crippen molar-refractivity contribution in [2.75, 3.05) is 32.7 Å². The van der Waals surface area contributed by atoms with Gasteiger partial charge in [-0.25, -0.2) is 12.8 Å². The highest BCUT2D eigenvalue weighted by Crippen LogP contribution is 2.18. The number of hydrogen-bond acceptors (Lipinski definition) is 3. The predicted molar refractivity (Wildman–Crippen MR) is 107 cm³/mol. The van der Waals surface area contributed by atoms with Gasteiger partial charge in [-0.15, -0.1) is 0 Å². The molecule has 28 heavy (non-hydrogen) atoms. The molecule has 158 valence electrons. The summed E-state index contributed by atoms with van der Waals surface area (Å²) in [6, 6.07) is 5.58. The zero-order valence-electron chi connectivity index (χ0n) is 17.1. The van der Waals surface area contributed by atoms with Crippen LogP contribution in [0, 0.1) is 11.7 Å². The van der Waals surface area contributed by atoms with Crippen molar-refractivity contribution in [2.45, 2.75) is 51.0 Å². The lowest BCUT2D eigenvalue weighted by Gasteiger charge is -2.31. The Bertz CT molecular complexity index is 747. The molecule has 1 atom stereocenters. The number of rotatable bonds is 9. The maximum atomic E-state index is 13.9. The quantitative estimate of drug-likeness (QED) is 0.635. The molecule has 8 heteroatoms.